The third kappa shape index (κ3) is 2.49. The van der Waals surface area contributed by atoms with Gasteiger partial charge in [0.2, 0.25) is 0 Å². The number of fused-ring (bicyclic) bond motifs is 1. The molecule has 0 bridgehead atoms. The minimum Gasteiger partial charge on any atom is -0.493 e. The molecule has 1 aromatic rings. The van der Waals surface area contributed by atoms with Crippen LogP contribution >= 0.6 is 0 Å². The van der Waals surface area contributed by atoms with Crippen LogP contribution in [0.5, 0.6) is 5.75 Å². The van der Waals surface area contributed by atoms with Crippen molar-refractivity contribution in [3.8, 4) is 5.75 Å². The number of rotatable bonds is 5. The van der Waals surface area contributed by atoms with Crippen molar-refractivity contribution >= 4 is 0 Å². The van der Waals surface area contributed by atoms with Crippen LogP contribution in [0.25, 0.3) is 0 Å². The average Bonchev–Trinajstić information content (AvgIpc) is 2.49. The molecule has 0 amide bonds. The molecule has 1 aliphatic heterocycles. The molecule has 0 radical (unpaired) electrons. The molecular weight excluding hydrogens is 238 g/mol. The monoisotopic (exact) mass is 263 g/mol. The molecule has 0 spiro atoms. The van der Waals surface area contributed by atoms with Crippen LogP contribution in [-0.4, -0.2) is 19.3 Å². The normalized spacial score (nSPS) is 16.6. The molecule has 2 N–H and O–H groups in total. The van der Waals surface area contributed by atoms with Gasteiger partial charge in [-0.1, -0.05) is 32.0 Å². The lowest BCUT2D eigenvalue weighted by Crippen LogP contribution is -2.42. The molecule has 0 saturated heterocycles. The molecule has 0 fully saturated rings. The SMILES string of the molecule is CCC(CC)(OC)C(N)c1cccc2c1OCCC2. The van der Waals surface area contributed by atoms with E-state index < -0.39 is 0 Å². The Labute approximate surface area is 116 Å². The van der Waals surface area contributed by atoms with Crippen LogP contribution in [0.1, 0.15) is 50.3 Å². The van der Waals surface area contributed by atoms with Gasteiger partial charge in [-0.25, -0.2) is 0 Å². The van der Waals surface area contributed by atoms with E-state index in [4.69, 9.17) is 15.2 Å². The number of methoxy groups -OCH3 is 1. The summed E-state index contributed by atoms with van der Waals surface area (Å²) in [7, 11) is 1.75. The Bertz CT molecular complexity index is 418. The van der Waals surface area contributed by atoms with E-state index in [1.165, 1.54) is 5.56 Å². The highest BCUT2D eigenvalue weighted by molar-refractivity contribution is 5.45. The minimum absolute atomic E-state index is 0.152. The smallest absolute Gasteiger partial charge is 0.127 e. The summed E-state index contributed by atoms with van der Waals surface area (Å²) in [6, 6.07) is 6.14. The molecule has 3 heteroatoms. The average molecular weight is 263 g/mol. The third-order valence-corrected chi connectivity index (χ3v) is 4.47. The van der Waals surface area contributed by atoms with Gasteiger partial charge in [0.15, 0.2) is 0 Å². The van der Waals surface area contributed by atoms with E-state index in [0.29, 0.717) is 0 Å². The molecule has 0 aliphatic carbocycles. The zero-order chi connectivity index (χ0) is 13.9. The maximum atomic E-state index is 6.52. The number of aryl methyl sites for hydroxylation is 1. The van der Waals surface area contributed by atoms with E-state index in [1.54, 1.807) is 7.11 Å². The maximum Gasteiger partial charge on any atom is 0.127 e. The van der Waals surface area contributed by atoms with Crippen LogP contribution in [0.3, 0.4) is 0 Å². The first-order valence-corrected chi connectivity index (χ1v) is 7.23. The van der Waals surface area contributed by atoms with E-state index in [2.05, 4.69) is 32.0 Å². The molecule has 0 aromatic heterocycles. The largest absolute Gasteiger partial charge is 0.493 e. The van der Waals surface area contributed by atoms with Gasteiger partial charge in [0.25, 0.3) is 0 Å². The highest BCUT2D eigenvalue weighted by Gasteiger charge is 2.36. The summed E-state index contributed by atoms with van der Waals surface area (Å²) in [6.07, 6.45) is 3.95. The highest BCUT2D eigenvalue weighted by Crippen LogP contribution is 2.39. The summed E-state index contributed by atoms with van der Waals surface area (Å²) in [6.45, 7) is 5.04. The predicted molar refractivity (Wildman–Crippen MR) is 77.5 cm³/mol. The van der Waals surface area contributed by atoms with Crippen LogP contribution < -0.4 is 10.5 Å². The predicted octanol–water partition coefficient (Wildman–Crippen LogP) is 3.22. The van der Waals surface area contributed by atoms with E-state index in [9.17, 15) is 0 Å². The summed E-state index contributed by atoms with van der Waals surface area (Å²) in [5.74, 6) is 0.990. The fraction of sp³-hybridized carbons (Fsp3) is 0.625. The number of ether oxygens (including phenoxy) is 2. The molecule has 19 heavy (non-hydrogen) atoms. The summed E-state index contributed by atoms with van der Waals surface area (Å²) >= 11 is 0. The third-order valence-electron chi connectivity index (χ3n) is 4.47. The second-order valence-electron chi connectivity index (χ2n) is 5.24. The molecule has 1 aliphatic rings. The Balaban J connectivity index is 2.41. The molecule has 3 nitrogen and oxygen atoms in total. The fourth-order valence-corrected chi connectivity index (χ4v) is 3.05. The molecule has 1 atom stereocenters. The zero-order valence-electron chi connectivity index (χ0n) is 12.2. The van der Waals surface area contributed by atoms with Gasteiger partial charge in [-0.05, 0) is 31.2 Å². The number of benzene rings is 1. The number of para-hydroxylation sites is 1. The van der Waals surface area contributed by atoms with Crippen molar-refractivity contribution in [3.63, 3.8) is 0 Å². The van der Waals surface area contributed by atoms with Crippen molar-refractivity contribution in [1.82, 2.24) is 0 Å². The Hall–Kier alpha value is -1.06. The van der Waals surface area contributed by atoms with E-state index >= 15 is 0 Å². The second kappa shape index (κ2) is 5.93. The first kappa shape index (κ1) is 14.4. The van der Waals surface area contributed by atoms with Gasteiger partial charge < -0.3 is 15.2 Å². The van der Waals surface area contributed by atoms with Crippen molar-refractivity contribution in [2.45, 2.75) is 51.2 Å². The zero-order valence-corrected chi connectivity index (χ0v) is 12.2. The van der Waals surface area contributed by atoms with Gasteiger partial charge in [0, 0.05) is 12.7 Å². The first-order chi connectivity index (χ1) is 9.18. The fourth-order valence-electron chi connectivity index (χ4n) is 3.05. The standard InChI is InChI=1S/C16H25NO2/c1-4-16(5-2,18-3)15(17)13-10-6-8-12-9-7-11-19-14(12)13/h6,8,10,15H,4-5,7,9,11,17H2,1-3H3. The topological polar surface area (TPSA) is 44.5 Å². The van der Waals surface area contributed by atoms with Gasteiger partial charge in [-0.2, -0.15) is 0 Å². The van der Waals surface area contributed by atoms with Crippen molar-refractivity contribution in [2.24, 2.45) is 5.73 Å². The number of nitrogens with two attached hydrogens (primary N) is 1. The minimum atomic E-state index is -0.310. The summed E-state index contributed by atoms with van der Waals surface area (Å²) in [5, 5.41) is 0. The lowest BCUT2D eigenvalue weighted by molar-refractivity contribution is -0.0391. The van der Waals surface area contributed by atoms with Gasteiger partial charge in [-0.3, -0.25) is 0 Å². The summed E-state index contributed by atoms with van der Waals surface area (Å²) < 4.78 is 11.6. The Morgan fingerprint density at radius 2 is 2.11 bits per heavy atom. The van der Waals surface area contributed by atoms with Crippen molar-refractivity contribution in [2.75, 3.05) is 13.7 Å². The Kier molecular flexibility index (Phi) is 4.48. The quantitative estimate of drug-likeness (QED) is 0.887. The van der Waals surface area contributed by atoms with Crippen LogP contribution in [0, 0.1) is 0 Å². The number of hydrogen-bond donors (Lipinski definition) is 1. The van der Waals surface area contributed by atoms with Gasteiger partial charge in [-0.15, -0.1) is 0 Å². The molecule has 0 saturated carbocycles. The Morgan fingerprint density at radius 3 is 2.74 bits per heavy atom. The van der Waals surface area contributed by atoms with E-state index in [-0.39, 0.29) is 11.6 Å². The summed E-state index contributed by atoms with van der Waals surface area (Å²) in [4.78, 5) is 0. The number of hydrogen-bond acceptors (Lipinski definition) is 3. The van der Waals surface area contributed by atoms with E-state index in [0.717, 1.165) is 43.6 Å². The first-order valence-electron chi connectivity index (χ1n) is 7.23. The molecular formula is C16H25NO2. The summed E-state index contributed by atoms with van der Waals surface area (Å²) in [5.41, 5.74) is 8.58. The molecule has 1 unspecified atom stereocenters. The van der Waals surface area contributed by atoms with E-state index in [1.807, 2.05) is 0 Å². The highest BCUT2D eigenvalue weighted by atomic mass is 16.5. The maximum absolute atomic E-state index is 6.52. The van der Waals surface area contributed by atoms with Crippen LogP contribution in [0.2, 0.25) is 0 Å². The van der Waals surface area contributed by atoms with Crippen molar-refractivity contribution in [1.29, 1.82) is 0 Å². The second-order valence-corrected chi connectivity index (χ2v) is 5.24. The Morgan fingerprint density at radius 1 is 1.37 bits per heavy atom. The van der Waals surface area contributed by atoms with Gasteiger partial charge in [0.1, 0.15) is 5.75 Å². The molecule has 2 rings (SSSR count). The van der Waals surface area contributed by atoms with Crippen molar-refractivity contribution < 1.29 is 9.47 Å². The lowest BCUT2D eigenvalue weighted by Gasteiger charge is -2.37. The molecule has 1 heterocycles. The molecule has 1 aromatic carbocycles. The molecule has 106 valence electrons. The van der Waals surface area contributed by atoms with Crippen molar-refractivity contribution in [3.05, 3.63) is 29.3 Å². The lowest BCUT2D eigenvalue weighted by atomic mass is 9.83. The van der Waals surface area contributed by atoms with Crippen LogP contribution in [0.4, 0.5) is 0 Å². The van der Waals surface area contributed by atoms with Gasteiger partial charge >= 0.3 is 0 Å². The van der Waals surface area contributed by atoms with Crippen LogP contribution in [0.15, 0.2) is 18.2 Å². The van der Waals surface area contributed by atoms with Gasteiger partial charge in [0.05, 0.1) is 18.2 Å². The van der Waals surface area contributed by atoms with Crippen LogP contribution in [-0.2, 0) is 11.2 Å².